The molecule has 1 aliphatic rings. The summed E-state index contributed by atoms with van der Waals surface area (Å²) >= 11 is 0. The molecule has 31 heavy (non-hydrogen) atoms. The minimum absolute atomic E-state index is 0.110. The average molecular weight is 419 g/mol. The molecular weight excluding hydrogens is 400 g/mol. The Balaban J connectivity index is 1.59. The molecule has 156 valence electrons. The van der Waals surface area contributed by atoms with Gasteiger partial charge in [0.2, 0.25) is 5.95 Å². The molecular formula is C24H19F2N3O2. The minimum Gasteiger partial charge on any atom is -0.497 e. The minimum atomic E-state index is -2.85. The van der Waals surface area contributed by atoms with Crippen LogP contribution in [0.4, 0.5) is 14.7 Å². The second-order valence-electron chi connectivity index (χ2n) is 7.12. The molecule has 0 saturated heterocycles. The van der Waals surface area contributed by atoms with Crippen LogP contribution in [0.5, 0.6) is 11.5 Å². The molecule has 5 nitrogen and oxygen atoms in total. The number of nitrogens with zero attached hydrogens (tertiary/aromatic N) is 2. The van der Waals surface area contributed by atoms with Crippen molar-refractivity contribution >= 4 is 22.7 Å². The number of hydrogen-bond acceptors (Lipinski definition) is 4. The van der Waals surface area contributed by atoms with E-state index < -0.39 is 6.61 Å². The number of halogens is 2. The van der Waals surface area contributed by atoms with Crippen LogP contribution in [0.15, 0.2) is 78.9 Å². The van der Waals surface area contributed by atoms with Crippen LogP contribution in [-0.4, -0.2) is 23.3 Å². The molecule has 4 aromatic rings. The summed E-state index contributed by atoms with van der Waals surface area (Å²) in [5, 5.41) is 3.38. The highest BCUT2D eigenvalue weighted by Crippen LogP contribution is 2.37. The van der Waals surface area contributed by atoms with Gasteiger partial charge in [-0.3, -0.25) is 4.57 Å². The molecule has 0 saturated carbocycles. The third-order valence-electron chi connectivity index (χ3n) is 5.29. The van der Waals surface area contributed by atoms with E-state index in [1.807, 2.05) is 48.5 Å². The normalized spacial score (nSPS) is 15.4. The average Bonchev–Trinajstić information content (AvgIpc) is 3.17. The number of aromatic nitrogens is 2. The van der Waals surface area contributed by atoms with Crippen molar-refractivity contribution in [3.8, 4) is 11.5 Å². The Kier molecular flexibility index (Phi) is 4.78. The number of allylic oxidation sites excluding steroid dienone is 1. The van der Waals surface area contributed by atoms with E-state index in [2.05, 4.69) is 20.7 Å². The second-order valence-corrected chi connectivity index (χ2v) is 7.12. The van der Waals surface area contributed by atoms with Gasteiger partial charge in [-0.25, -0.2) is 4.98 Å². The van der Waals surface area contributed by atoms with E-state index in [-0.39, 0.29) is 11.8 Å². The fourth-order valence-electron chi connectivity index (χ4n) is 3.84. The van der Waals surface area contributed by atoms with Crippen molar-refractivity contribution in [2.45, 2.75) is 12.7 Å². The van der Waals surface area contributed by atoms with Crippen LogP contribution in [0, 0.1) is 0 Å². The third kappa shape index (κ3) is 3.59. The monoisotopic (exact) mass is 419 g/mol. The first-order valence-corrected chi connectivity index (χ1v) is 9.77. The number of hydrogen-bond donors (Lipinski definition) is 1. The molecule has 5 rings (SSSR count). The summed E-state index contributed by atoms with van der Waals surface area (Å²) in [6.07, 6.45) is 2.10. The van der Waals surface area contributed by atoms with Crippen molar-refractivity contribution in [3.63, 3.8) is 0 Å². The van der Waals surface area contributed by atoms with Gasteiger partial charge in [0, 0.05) is 5.70 Å². The molecule has 1 aromatic heterocycles. The van der Waals surface area contributed by atoms with Crippen LogP contribution < -0.4 is 14.8 Å². The van der Waals surface area contributed by atoms with E-state index in [9.17, 15) is 8.78 Å². The number of fused-ring (bicyclic) bond motifs is 3. The zero-order valence-electron chi connectivity index (χ0n) is 16.6. The molecule has 0 bridgehead atoms. The first kappa shape index (κ1) is 19.1. The Labute approximate surface area is 177 Å². The molecule has 3 aromatic carbocycles. The smallest absolute Gasteiger partial charge is 0.387 e. The molecule has 1 aliphatic heterocycles. The Morgan fingerprint density at radius 2 is 1.65 bits per heavy atom. The van der Waals surface area contributed by atoms with Gasteiger partial charge in [0.15, 0.2) is 0 Å². The maximum Gasteiger partial charge on any atom is 0.387 e. The Bertz CT molecular complexity index is 1250. The molecule has 0 unspecified atom stereocenters. The van der Waals surface area contributed by atoms with Crippen LogP contribution in [0.3, 0.4) is 0 Å². The van der Waals surface area contributed by atoms with Crippen LogP contribution in [0.2, 0.25) is 0 Å². The van der Waals surface area contributed by atoms with Gasteiger partial charge in [-0.1, -0.05) is 24.3 Å². The van der Waals surface area contributed by atoms with E-state index in [1.54, 1.807) is 19.2 Å². The summed E-state index contributed by atoms with van der Waals surface area (Å²) in [6, 6.07) is 22.3. The molecule has 7 heteroatoms. The van der Waals surface area contributed by atoms with Gasteiger partial charge in [0.05, 0.1) is 24.2 Å². The number of anilines is 1. The maximum atomic E-state index is 12.5. The molecule has 1 N–H and O–H groups in total. The van der Waals surface area contributed by atoms with Gasteiger partial charge in [0.1, 0.15) is 11.5 Å². The van der Waals surface area contributed by atoms with Gasteiger partial charge in [-0.2, -0.15) is 8.78 Å². The number of para-hydroxylation sites is 2. The van der Waals surface area contributed by atoms with Gasteiger partial charge < -0.3 is 14.8 Å². The summed E-state index contributed by atoms with van der Waals surface area (Å²) in [5.41, 5.74) is 4.66. The van der Waals surface area contributed by atoms with Crippen molar-refractivity contribution in [1.82, 2.24) is 9.55 Å². The van der Waals surface area contributed by atoms with Gasteiger partial charge in [-0.05, 0) is 65.7 Å². The number of ether oxygens (including phenoxy) is 2. The molecule has 0 amide bonds. The number of imidazole rings is 1. The van der Waals surface area contributed by atoms with Crippen LogP contribution >= 0.6 is 0 Å². The number of nitrogens with one attached hydrogen (secondary N) is 1. The lowest BCUT2D eigenvalue weighted by Crippen LogP contribution is -2.19. The Morgan fingerprint density at radius 3 is 2.35 bits per heavy atom. The summed E-state index contributed by atoms with van der Waals surface area (Å²) < 4.78 is 36.8. The van der Waals surface area contributed by atoms with Crippen molar-refractivity contribution in [2.24, 2.45) is 0 Å². The van der Waals surface area contributed by atoms with Crippen LogP contribution in [-0.2, 0) is 0 Å². The topological polar surface area (TPSA) is 48.3 Å². The highest BCUT2D eigenvalue weighted by atomic mass is 19.3. The van der Waals surface area contributed by atoms with E-state index in [0.717, 1.165) is 33.6 Å². The first-order chi connectivity index (χ1) is 15.1. The first-order valence-electron chi connectivity index (χ1n) is 9.77. The predicted molar refractivity (Wildman–Crippen MR) is 116 cm³/mol. The summed E-state index contributed by atoms with van der Waals surface area (Å²) in [6.45, 7) is -2.85. The van der Waals surface area contributed by atoms with Crippen molar-refractivity contribution in [3.05, 3.63) is 90.0 Å². The zero-order chi connectivity index (χ0) is 21.4. The van der Waals surface area contributed by atoms with E-state index in [4.69, 9.17) is 9.72 Å². The fraction of sp³-hybridized carbons (Fsp3) is 0.125. The molecule has 0 spiro atoms. The van der Waals surface area contributed by atoms with E-state index >= 15 is 0 Å². The maximum absolute atomic E-state index is 12.5. The lowest BCUT2D eigenvalue weighted by atomic mass is 10.0. The lowest BCUT2D eigenvalue weighted by molar-refractivity contribution is -0.0498. The number of benzene rings is 3. The molecule has 0 radical (unpaired) electrons. The zero-order valence-corrected chi connectivity index (χ0v) is 16.6. The fourth-order valence-corrected chi connectivity index (χ4v) is 3.84. The molecule has 0 aliphatic carbocycles. The Hall–Kier alpha value is -3.87. The lowest BCUT2D eigenvalue weighted by Gasteiger charge is -2.27. The predicted octanol–water partition coefficient (Wildman–Crippen LogP) is 5.70. The van der Waals surface area contributed by atoms with Gasteiger partial charge >= 0.3 is 6.61 Å². The van der Waals surface area contributed by atoms with Crippen molar-refractivity contribution in [1.29, 1.82) is 0 Å². The van der Waals surface area contributed by atoms with Gasteiger partial charge in [-0.15, -0.1) is 0 Å². The van der Waals surface area contributed by atoms with E-state index in [0.29, 0.717) is 5.95 Å². The number of alkyl halides is 2. The van der Waals surface area contributed by atoms with Gasteiger partial charge in [0.25, 0.3) is 0 Å². The van der Waals surface area contributed by atoms with Crippen LogP contribution in [0.1, 0.15) is 17.2 Å². The summed E-state index contributed by atoms with van der Waals surface area (Å²) in [4.78, 5) is 4.76. The van der Waals surface area contributed by atoms with Crippen molar-refractivity contribution in [2.75, 3.05) is 12.4 Å². The SMILES string of the molecule is COc1ccc([C@H]2C=C(c3ccc(OC(F)F)cc3)Nc3nc4ccccc4n32)cc1. The summed E-state index contributed by atoms with van der Waals surface area (Å²) in [7, 11) is 1.64. The Morgan fingerprint density at radius 1 is 0.935 bits per heavy atom. The van der Waals surface area contributed by atoms with Crippen molar-refractivity contribution < 1.29 is 18.3 Å². The number of rotatable bonds is 5. The molecule has 1 atom stereocenters. The third-order valence-corrected chi connectivity index (χ3v) is 5.29. The molecule has 2 heterocycles. The quantitative estimate of drug-likeness (QED) is 0.451. The largest absolute Gasteiger partial charge is 0.497 e. The summed E-state index contributed by atoms with van der Waals surface area (Å²) in [5.74, 6) is 1.62. The number of methoxy groups -OCH3 is 1. The highest BCUT2D eigenvalue weighted by molar-refractivity contribution is 5.85. The van der Waals surface area contributed by atoms with E-state index in [1.165, 1.54) is 12.1 Å². The molecule has 0 fully saturated rings. The highest BCUT2D eigenvalue weighted by Gasteiger charge is 2.25. The standard InChI is InChI=1S/C24H19F2N3O2/c1-30-17-10-8-16(9-11-17)22-14-20(15-6-12-18(13-7-15)31-23(25)26)28-24-27-19-4-2-3-5-21(19)29(22)24/h2-14,22-23H,1H3,(H,27,28)/t22-/m1/s1. The van der Waals surface area contributed by atoms with Crippen LogP contribution in [0.25, 0.3) is 16.7 Å². The second kappa shape index (κ2) is 7.75.